The van der Waals surface area contributed by atoms with E-state index in [0.717, 1.165) is 57.5 Å². The van der Waals surface area contributed by atoms with Gasteiger partial charge in [-0.1, -0.05) is 41.9 Å². The zero-order chi connectivity index (χ0) is 28.1. The number of methoxy groups -OCH3 is 1. The van der Waals surface area contributed by atoms with Gasteiger partial charge in [-0.2, -0.15) is 0 Å². The fraction of sp³-hybridized carbons (Fsp3) is 0.226. The van der Waals surface area contributed by atoms with Crippen molar-refractivity contribution in [2.75, 3.05) is 12.4 Å². The molecule has 9 heteroatoms. The minimum atomic E-state index is -0.407. The van der Waals surface area contributed by atoms with E-state index in [2.05, 4.69) is 16.4 Å². The number of aryl methyl sites for hydroxylation is 2. The highest BCUT2D eigenvalue weighted by Gasteiger charge is 2.21. The summed E-state index contributed by atoms with van der Waals surface area (Å²) in [5.74, 6) is 1.04. The predicted octanol–water partition coefficient (Wildman–Crippen LogP) is 5.56. The molecule has 1 aliphatic rings. The molecule has 1 N–H and O–H groups in total. The average Bonchev–Trinajstić information content (AvgIpc) is 3.45. The van der Waals surface area contributed by atoms with Crippen LogP contribution in [0.3, 0.4) is 0 Å². The third-order valence-electron chi connectivity index (χ3n) is 7.78. The minimum Gasteiger partial charge on any atom is -0.481 e. The van der Waals surface area contributed by atoms with Crippen molar-refractivity contribution < 1.29 is 4.74 Å². The summed E-state index contributed by atoms with van der Waals surface area (Å²) in [5, 5.41) is 4.28. The highest BCUT2D eigenvalue weighted by molar-refractivity contribution is 6.36. The number of fused-ring (bicyclic) bond motifs is 2. The van der Waals surface area contributed by atoms with Crippen LogP contribution in [0.5, 0.6) is 5.88 Å². The Morgan fingerprint density at radius 1 is 0.975 bits per heavy atom. The van der Waals surface area contributed by atoms with Crippen molar-refractivity contribution in [1.29, 1.82) is 0 Å². The highest BCUT2D eigenvalue weighted by atomic mass is 35.5. The lowest BCUT2D eigenvalue weighted by atomic mass is 9.96. The second-order valence-corrected chi connectivity index (χ2v) is 10.4. The molecule has 0 bridgehead atoms. The maximum absolute atomic E-state index is 13.1. The van der Waals surface area contributed by atoms with E-state index >= 15 is 0 Å². The van der Waals surface area contributed by atoms with Gasteiger partial charge in [0.15, 0.2) is 0 Å². The first kappa shape index (κ1) is 25.8. The Bertz CT molecular complexity index is 1940. The summed E-state index contributed by atoms with van der Waals surface area (Å²) in [6.45, 7) is 2.00. The van der Waals surface area contributed by atoms with Gasteiger partial charge in [0.05, 0.1) is 23.3 Å². The summed E-state index contributed by atoms with van der Waals surface area (Å²) < 4.78 is 8.15. The molecular weight excluding hydrogens is 526 g/mol. The number of hydrogen-bond donors (Lipinski definition) is 1. The second kappa shape index (κ2) is 9.95. The fourth-order valence-electron chi connectivity index (χ4n) is 5.60. The number of rotatable bonds is 5. The average molecular weight is 554 g/mol. The van der Waals surface area contributed by atoms with E-state index in [1.54, 1.807) is 26.4 Å². The zero-order valence-electron chi connectivity index (χ0n) is 22.7. The smallest absolute Gasteiger partial charge is 0.330 e. The van der Waals surface area contributed by atoms with Gasteiger partial charge in [-0.05, 0) is 61.1 Å². The Kier molecular flexibility index (Phi) is 6.43. The molecule has 3 aromatic heterocycles. The van der Waals surface area contributed by atoms with Crippen LogP contribution in [0.2, 0.25) is 5.02 Å². The number of ether oxygens (including phenoxy) is 1. The third-order valence-corrected chi connectivity index (χ3v) is 8.19. The van der Waals surface area contributed by atoms with Crippen molar-refractivity contribution >= 4 is 34.0 Å². The lowest BCUT2D eigenvalue weighted by molar-refractivity contribution is 0.394. The highest BCUT2D eigenvalue weighted by Crippen LogP contribution is 2.41. The van der Waals surface area contributed by atoms with E-state index in [1.807, 2.05) is 43.3 Å². The monoisotopic (exact) mass is 553 g/mol. The fourth-order valence-corrected chi connectivity index (χ4v) is 5.92. The van der Waals surface area contributed by atoms with Crippen molar-refractivity contribution in [2.24, 2.45) is 14.1 Å². The molecule has 0 atom stereocenters. The Hall–Kier alpha value is -4.43. The first-order valence-corrected chi connectivity index (χ1v) is 13.4. The number of halogens is 1. The molecule has 3 heterocycles. The van der Waals surface area contributed by atoms with Crippen LogP contribution in [0, 0.1) is 6.92 Å². The third kappa shape index (κ3) is 4.07. The molecular formula is C31H28ClN5O3. The van der Waals surface area contributed by atoms with Crippen LogP contribution < -0.4 is 21.3 Å². The summed E-state index contributed by atoms with van der Waals surface area (Å²) in [7, 11) is 4.76. The van der Waals surface area contributed by atoms with Crippen LogP contribution in [0.25, 0.3) is 33.3 Å². The van der Waals surface area contributed by atoms with E-state index in [4.69, 9.17) is 21.3 Å². The van der Waals surface area contributed by atoms with Crippen LogP contribution in [0.15, 0.2) is 64.3 Å². The summed E-state index contributed by atoms with van der Waals surface area (Å²) >= 11 is 7.07. The quantitative estimate of drug-likeness (QED) is 0.306. The first-order valence-electron chi connectivity index (χ1n) is 13.1. The molecule has 0 amide bonds. The molecule has 8 nitrogen and oxygen atoms in total. The van der Waals surface area contributed by atoms with Gasteiger partial charge in [-0.3, -0.25) is 13.9 Å². The number of aromatic nitrogens is 4. The maximum atomic E-state index is 13.1. The second-order valence-electron chi connectivity index (χ2n) is 10.0. The molecule has 0 saturated carbocycles. The normalized spacial score (nSPS) is 12.5. The van der Waals surface area contributed by atoms with Gasteiger partial charge in [0.2, 0.25) is 5.88 Å². The Morgan fingerprint density at radius 3 is 2.52 bits per heavy atom. The van der Waals surface area contributed by atoms with Gasteiger partial charge in [0.25, 0.3) is 5.56 Å². The molecule has 0 radical (unpaired) electrons. The predicted molar refractivity (Wildman–Crippen MR) is 159 cm³/mol. The Labute approximate surface area is 235 Å². The van der Waals surface area contributed by atoms with Crippen molar-refractivity contribution in [3.8, 4) is 28.3 Å². The van der Waals surface area contributed by atoms with Crippen LogP contribution in [0.4, 0.5) is 11.5 Å². The van der Waals surface area contributed by atoms with Crippen LogP contribution in [-0.4, -0.2) is 26.2 Å². The van der Waals surface area contributed by atoms with Gasteiger partial charge in [0.1, 0.15) is 11.2 Å². The van der Waals surface area contributed by atoms with Gasteiger partial charge < -0.3 is 10.1 Å². The molecule has 0 aliphatic heterocycles. The molecule has 0 unspecified atom stereocenters. The van der Waals surface area contributed by atoms with Crippen LogP contribution in [-0.2, 0) is 26.9 Å². The number of nitrogens with zero attached hydrogens (tertiary/aromatic N) is 4. The summed E-state index contributed by atoms with van der Waals surface area (Å²) in [6, 6.07) is 15.6. The van der Waals surface area contributed by atoms with Gasteiger partial charge in [-0.15, -0.1) is 0 Å². The molecule has 40 heavy (non-hydrogen) atoms. The van der Waals surface area contributed by atoms with Gasteiger partial charge >= 0.3 is 5.69 Å². The number of pyridine rings is 2. The number of anilines is 2. The summed E-state index contributed by atoms with van der Waals surface area (Å²) in [4.78, 5) is 34.7. The van der Waals surface area contributed by atoms with E-state index in [0.29, 0.717) is 27.6 Å². The van der Waals surface area contributed by atoms with Gasteiger partial charge in [0, 0.05) is 42.7 Å². The van der Waals surface area contributed by atoms with E-state index in [1.165, 1.54) is 22.7 Å². The summed E-state index contributed by atoms with van der Waals surface area (Å²) in [6.07, 6.45) is 4.66. The zero-order valence-corrected chi connectivity index (χ0v) is 23.5. The molecule has 0 spiro atoms. The van der Waals surface area contributed by atoms with E-state index in [-0.39, 0.29) is 0 Å². The largest absolute Gasteiger partial charge is 0.481 e. The first-order chi connectivity index (χ1) is 19.3. The number of nitrogens with one attached hydrogen (secondary N) is 1. The van der Waals surface area contributed by atoms with Crippen molar-refractivity contribution in [1.82, 2.24) is 19.1 Å². The molecule has 1 aliphatic carbocycles. The molecule has 5 aromatic rings. The van der Waals surface area contributed by atoms with Crippen molar-refractivity contribution in [3.63, 3.8) is 0 Å². The molecule has 0 fully saturated rings. The van der Waals surface area contributed by atoms with E-state index < -0.39 is 11.2 Å². The Balaban J connectivity index is 1.45. The van der Waals surface area contributed by atoms with Gasteiger partial charge in [-0.25, -0.2) is 14.8 Å². The minimum absolute atomic E-state index is 0.341. The van der Waals surface area contributed by atoms with Crippen molar-refractivity contribution in [3.05, 3.63) is 97.3 Å². The van der Waals surface area contributed by atoms with Crippen LogP contribution >= 0.6 is 11.6 Å². The van der Waals surface area contributed by atoms with E-state index in [9.17, 15) is 9.59 Å². The SMILES string of the molecule is COc1nc(-c2cccc(-c3cccc(Nc4nccc5c4c(=O)n(C)c(=O)n5C)c3C)c2Cl)cc2c1CCC2. The molecule has 0 saturated heterocycles. The topological polar surface area (TPSA) is 91.0 Å². The lowest BCUT2D eigenvalue weighted by Crippen LogP contribution is -2.37. The maximum Gasteiger partial charge on any atom is 0.330 e. The number of benzene rings is 2. The van der Waals surface area contributed by atoms with Crippen LogP contribution in [0.1, 0.15) is 23.1 Å². The molecule has 6 rings (SSSR count). The molecule has 2 aromatic carbocycles. The summed E-state index contributed by atoms with van der Waals surface area (Å²) in [5.41, 5.74) is 7.29. The standard InChI is InChI=1S/C31H28ClN5O3/c1-17-19(21-11-6-12-22(27(21)32)24-16-18-8-5-10-20(18)29(35-24)40-4)9-7-13-23(17)34-28-26-25(14-15-33-28)36(2)31(39)37(3)30(26)38/h6-7,9,11-16H,5,8,10H2,1-4H3,(H,33,34). The van der Waals surface area contributed by atoms with Crippen molar-refractivity contribution in [2.45, 2.75) is 26.2 Å². The number of hydrogen-bond acceptors (Lipinski definition) is 6. The lowest BCUT2D eigenvalue weighted by Gasteiger charge is -2.17. The molecule has 202 valence electrons. The Morgan fingerprint density at radius 2 is 1.73 bits per heavy atom.